The van der Waals surface area contributed by atoms with E-state index in [9.17, 15) is 0 Å². The smallest absolute Gasteiger partial charge is 0.164 e. The highest BCUT2D eigenvalue weighted by Crippen LogP contribution is 2.44. The molecule has 63 heavy (non-hydrogen) atoms. The van der Waals surface area contributed by atoms with E-state index in [1.165, 1.54) is 5.56 Å². The molecule has 12 aromatic rings. The van der Waals surface area contributed by atoms with Crippen molar-refractivity contribution in [3.63, 3.8) is 0 Å². The molecule has 0 atom stereocenters. The van der Waals surface area contributed by atoms with Crippen molar-refractivity contribution in [1.82, 2.24) is 15.0 Å². The van der Waals surface area contributed by atoms with Gasteiger partial charge in [0.05, 0.1) is 5.69 Å². The SMILES string of the molecule is c1ccc(-c2ccc(N(c3ccc(-c4ccc5oc6cccc(-c7nc(-c8ccccc8)nc(-c8ccccc8)n7)c6c5c4)cc3)c3cccc4c3oc3ccccc34)cc2)cc1. The van der Waals surface area contributed by atoms with Crippen LogP contribution in [0, 0.1) is 0 Å². The van der Waals surface area contributed by atoms with Crippen LogP contribution in [-0.2, 0) is 0 Å². The summed E-state index contributed by atoms with van der Waals surface area (Å²) >= 11 is 0. The number of hydrogen-bond donors (Lipinski definition) is 0. The molecule has 12 rings (SSSR count). The van der Waals surface area contributed by atoms with Gasteiger partial charge in [0, 0.05) is 49.6 Å². The molecule has 0 amide bonds. The molecule has 0 unspecified atom stereocenters. The summed E-state index contributed by atoms with van der Waals surface area (Å²) in [5.41, 5.74) is 13.5. The number of nitrogens with zero attached hydrogens (tertiary/aromatic N) is 4. The number of benzene rings is 9. The predicted molar refractivity (Wildman–Crippen MR) is 256 cm³/mol. The second kappa shape index (κ2) is 15.1. The van der Waals surface area contributed by atoms with Crippen molar-refractivity contribution in [3.05, 3.63) is 218 Å². The molecule has 0 saturated heterocycles. The maximum atomic E-state index is 6.60. The van der Waals surface area contributed by atoms with Gasteiger partial charge in [0.1, 0.15) is 16.7 Å². The van der Waals surface area contributed by atoms with Gasteiger partial charge in [-0.1, -0.05) is 164 Å². The highest BCUT2D eigenvalue weighted by atomic mass is 16.3. The Morgan fingerprint density at radius 3 is 1.48 bits per heavy atom. The molecule has 0 fully saturated rings. The first-order chi connectivity index (χ1) is 31.2. The number of rotatable bonds is 8. The van der Waals surface area contributed by atoms with Crippen molar-refractivity contribution < 1.29 is 8.83 Å². The van der Waals surface area contributed by atoms with Gasteiger partial charge in [-0.3, -0.25) is 0 Å². The molecule has 6 heteroatoms. The van der Waals surface area contributed by atoms with Gasteiger partial charge in [-0.15, -0.1) is 0 Å². The van der Waals surface area contributed by atoms with Gasteiger partial charge in [0.2, 0.25) is 0 Å². The Morgan fingerprint density at radius 2 is 0.810 bits per heavy atom. The van der Waals surface area contributed by atoms with Gasteiger partial charge in [0.25, 0.3) is 0 Å². The van der Waals surface area contributed by atoms with Gasteiger partial charge in [-0.25, -0.2) is 15.0 Å². The van der Waals surface area contributed by atoms with Crippen LogP contribution < -0.4 is 4.90 Å². The molecule has 9 aromatic carbocycles. The molecule has 0 aliphatic heterocycles. The van der Waals surface area contributed by atoms with E-state index in [2.05, 4.69) is 132 Å². The lowest BCUT2D eigenvalue weighted by molar-refractivity contribution is 0.668. The summed E-state index contributed by atoms with van der Waals surface area (Å²) in [4.78, 5) is 17.3. The molecule has 6 nitrogen and oxygen atoms in total. The van der Waals surface area contributed by atoms with Gasteiger partial charge in [-0.2, -0.15) is 0 Å². The minimum absolute atomic E-state index is 0.585. The average Bonchev–Trinajstić information content (AvgIpc) is 3.94. The van der Waals surface area contributed by atoms with Gasteiger partial charge < -0.3 is 13.7 Å². The van der Waals surface area contributed by atoms with E-state index in [0.29, 0.717) is 17.5 Å². The molecule has 0 spiro atoms. The van der Waals surface area contributed by atoms with Crippen molar-refractivity contribution in [2.24, 2.45) is 0 Å². The third-order valence-electron chi connectivity index (χ3n) is 11.8. The van der Waals surface area contributed by atoms with Crippen LogP contribution in [0.15, 0.2) is 227 Å². The zero-order chi connectivity index (χ0) is 41.7. The van der Waals surface area contributed by atoms with Crippen LogP contribution in [-0.4, -0.2) is 15.0 Å². The summed E-state index contributed by atoms with van der Waals surface area (Å²) in [6, 6.07) is 75.2. The first kappa shape index (κ1) is 36.3. The molecule has 0 radical (unpaired) electrons. The zero-order valence-electron chi connectivity index (χ0n) is 33.9. The first-order valence-corrected chi connectivity index (χ1v) is 21.0. The zero-order valence-corrected chi connectivity index (χ0v) is 33.9. The minimum atomic E-state index is 0.585. The lowest BCUT2D eigenvalue weighted by atomic mass is 10.00. The maximum Gasteiger partial charge on any atom is 0.164 e. The van der Waals surface area contributed by atoms with E-state index in [-0.39, 0.29) is 0 Å². The number of aromatic nitrogens is 3. The van der Waals surface area contributed by atoms with Gasteiger partial charge >= 0.3 is 0 Å². The summed E-state index contributed by atoms with van der Waals surface area (Å²) in [6.45, 7) is 0. The van der Waals surface area contributed by atoms with Crippen LogP contribution in [0.3, 0.4) is 0 Å². The van der Waals surface area contributed by atoms with E-state index in [0.717, 1.165) is 94.3 Å². The fraction of sp³-hybridized carbons (Fsp3) is 0. The molecule has 3 heterocycles. The Bertz CT molecular complexity index is 3540. The van der Waals surface area contributed by atoms with Crippen molar-refractivity contribution >= 4 is 60.9 Å². The summed E-state index contributed by atoms with van der Waals surface area (Å²) in [5.74, 6) is 1.81. The van der Waals surface area contributed by atoms with Crippen LogP contribution in [0.25, 0.3) is 100 Å². The fourth-order valence-electron chi connectivity index (χ4n) is 8.69. The van der Waals surface area contributed by atoms with Gasteiger partial charge in [-0.05, 0) is 76.9 Å². The molecule has 0 saturated carbocycles. The second-order valence-electron chi connectivity index (χ2n) is 15.6. The monoisotopic (exact) mass is 808 g/mol. The largest absolute Gasteiger partial charge is 0.456 e. The lowest BCUT2D eigenvalue weighted by Gasteiger charge is -2.26. The third-order valence-corrected chi connectivity index (χ3v) is 11.8. The second-order valence-corrected chi connectivity index (χ2v) is 15.6. The third kappa shape index (κ3) is 6.49. The molecule has 0 bridgehead atoms. The number of fused-ring (bicyclic) bond motifs is 6. The molecule has 0 aliphatic rings. The molecule has 3 aromatic heterocycles. The minimum Gasteiger partial charge on any atom is -0.456 e. The Labute approximate surface area is 363 Å². The Balaban J connectivity index is 0.965. The summed E-state index contributed by atoms with van der Waals surface area (Å²) in [5, 5.41) is 4.12. The van der Waals surface area contributed by atoms with Crippen LogP contribution in [0.5, 0.6) is 0 Å². The number of furan rings is 2. The topological polar surface area (TPSA) is 68.2 Å². The average molecular weight is 809 g/mol. The quantitative estimate of drug-likeness (QED) is 0.152. The first-order valence-electron chi connectivity index (χ1n) is 21.0. The Morgan fingerprint density at radius 1 is 0.317 bits per heavy atom. The fourth-order valence-corrected chi connectivity index (χ4v) is 8.69. The molecule has 296 valence electrons. The van der Waals surface area contributed by atoms with E-state index in [4.69, 9.17) is 23.8 Å². The number of hydrogen-bond acceptors (Lipinski definition) is 6. The van der Waals surface area contributed by atoms with E-state index in [1.54, 1.807) is 0 Å². The van der Waals surface area contributed by atoms with Gasteiger partial charge in [0.15, 0.2) is 23.1 Å². The van der Waals surface area contributed by atoms with Crippen molar-refractivity contribution in [2.45, 2.75) is 0 Å². The highest BCUT2D eigenvalue weighted by Gasteiger charge is 2.21. The standard InChI is InChI=1S/C57H36N4O2/c1-4-14-37(15-5-1)38-26-31-43(32-27-38)61(49-23-12-21-46-45-20-10-11-24-50(45)63-54(46)49)44-33-28-39(29-34-44)42-30-35-51-48(36-42)53-47(22-13-25-52(53)62-51)57-59-55(40-16-6-2-7-17-40)58-56(60-57)41-18-8-3-9-19-41/h1-36H. The van der Waals surface area contributed by atoms with Crippen LogP contribution in [0.4, 0.5) is 17.1 Å². The Hall–Kier alpha value is -8.61. The predicted octanol–water partition coefficient (Wildman–Crippen LogP) is 15.5. The molecule has 0 aliphatic carbocycles. The van der Waals surface area contributed by atoms with Crippen LogP contribution >= 0.6 is 0 Å². The lowest BCUT2D eigenvalue weighted by Crippen LogP contribution is -2.10. The Kier molecular flexibility index (Phi) is 8.71. The van der Waals surface area contributed by atoms with E-state index >= 15 is 0 Å². The van der Waals surface area contributed by atoms with Crippen LogP contribution in [0.1, 0.15) is 0 Å². The van der Waals surface area contributed by atoms with Crippen molar-refractivity contribution in [1.29, 1.82) is 0 Å². The summed E-state index contributed by atoms with van der Waals surface area (Å²) in [6.07, 6.45) is 0. The highest BCUT2D eigenvalue weighted by molar-refractivity contribution is 6.13. The molecule has 0 N–H and O–H groups in total. The van der Waals surface area contributed by atoms with Crippen molar-refractivity contribution in [3.8, 4) is 56.4 Å². The van der Waals surface area contributed by atoms with Crippen LogP contribution in [0.2, 0.25) is 0 Å². The van der Waals surface area contributed by atoms with Crippen molar-refractivity contribution in [2.75, 3.05) is 4.90 Å². The normalized spacial score (nSPS) is 11.5. The summed E-state index contributed by atoms with van der Waals surface area (Å²) < 4.78 is 13.1. The summed E-state index contributed by atoms with van der Waals surface area (Å²) in [7, 11) is 0. The molecular weight excluding hydrogens is 773 g/mol. The van der Waals surface area contributed by atoms with E-state index < -0.39 is 0 Å². The number of anilines is 3. The molecular formula is C57H36N4O2. The van der Waals surface area contributed by atoms with E-state index in [1.807, 2.05) is 91.0 Å². The maximum absolute atomic E-state index is 6.60. The number of para-hydroxylation sites is 2.